The highest BCUT2D eigenvalue weighted by molar-refractivity contribution is 6.33. The number of hydrogen-bond acceptors (Lipinski definition) is 5. The molecule has 0 radical (unpaired) electrons. The quantitative estimate of drug-likeness (QED) is 0.872. The van der Waals surface area contributed by atoms with Gasteiger partial charge in [-0.25, -0.2) is 0 Å². The summed E-state index contributed by atoms with van der Waals surface area (Å²) in [5, 5.41) is 8.42. The van der Waals surface area contributed by atoms with Crippen LogP contribution in [0.2, 0.25) is 5.02 Å². The highest BCUT2D eigenvalue weighted by Crippen LogP contribution is 2.26. The maximum Gasteiger partial charge on any atom is 0.130 e. The van der Waals surface area contributed by atoms with Crippen molar-refractivity contribution in [1.82, 2.24) is 10.3 Å². The van der Waals surface area contributed by atoms with Crippen LogP contribution in [-0.4, -0.2) is 43.0 Å². The van der Waals surface area contributed by atoms with Crippen LogP contribution in [0.4, 0.5) is 5.69 Å². The molecule has 1 N–H and O–H groups in total. The molecule has 0 amide bonds. The van der Waals surface area contributed by atoms with Crippen molar-refractivity contribution < 1.29 is 4.84 Å². The average molecular weight is 309 g/mol. The van der Waals surface area contributed by atoms with Crippen molar-refractivity contribution in [3.8, 4) is 0 Å². The van der Waals surface area contributed by atoms with Gasteiger partial charge in [0, 0.05) is 38.3 Å². The van der Waals surface area contributed by atoms with Gasteiger partial charge in [-0.15, -0.1) is 0 Å². The van der Waals surface area contributed by atoms with E-state index in [1.165, 1.54) is 0 Å². The maximum atomic E-state index is 6.19. The Morgan fingerprint density at radius 2 is 2.05 bits per heavy atom. The minimum absolute atomic E-state index is 0.284. The van der Waals surface area contributed by atoms with E-state index in [0.717, 1.165) is 63.3 Å². The number of halogens is 1. The summed E-state index contributed by atoms with van der Waals surface area (Å²) in [5.41, 5.74) is 2.22. The summed E-state index contributed by atoms with van der Waals surface area (Å²) in [6, 6.07) is 1.97. The Bertz CT molecular complexity index is 492. The van der Waals surface area contributed by atoms with Crippen LogP contribution < -0.4 is 10.2 Å². The molecule has 0 aromatic carbocycles. The summed E-state index contributed by atoms with van der Waals surface area (Å²) < 4.78 is 0. The molecule has 114 valence electrons. The summed E-state index contributed by atoms with van der Waals surface area (Å²) in [5.74, 6) is 0. The van der Waals surface area contributed by atoms with Gasteiger partial charge in [0.15, 0.2) is 0 Å². The first-order chi connectivity index (χ1) is 10.3. The van der Waals surface area contributed by atoms with Crippen molar-refractivity contribution in [3.05, 3.63) is 23.5 Å². The molecule has 5 nitrogen and oxygen atoms in total. The van der Waals surface area contributed by atoms with Crippen molar-refractivity contribution in [2.24, 2.45) is 5.16 Å². The van der Waals surface area contributed by atoms with Gasteiger partial charge in [-0.2, -0.15) is 0 Å². The standard InChI is InChI=1S/C15H21ClN4O/c16-14-11-18-8-3-15(14)20-9-4-12(5-10-20)19-21-13-1-6-17-7-2-13/h3,8,11,13,17H,1-2,4-7,9-10H2. The third kappa shape index (κ3) is 3.86. The van der Waals surface area contributed by atoms with Crippen LogP contribution >= 0.6 is 11.6 Å². The fourth-order valence-electron chi connectivity index (χ4n) is 2.77. The Balaban J connectivity index is 1.51. The molecular weight excluding hydrogens is 288 g/mol. The second-order valence-corrected chi connectivity index (χ2v) is 5.93. The number of nitrogens with one attached hydrogen (secondary N) is 1. The fraction of sp³-hybridized carbons (Fsp3) is 0.600. The Labute approximate surface area is 130 Å². The van der Waals surface area contributed by atoms with Gasteiger partial charge in [-0.3, -0.25) is 4.98 Å². The number of anilines is 1. The average Bonchev–Trinajstić information content (AvgIpc) is 2.55. The second-order valence-electron chi connectivity index (χ2n) is 5.53. The molecule has 0 aliphatic carbocycles. The lowest BCUT2D eigenvalue weighted by molar-refractivity contribution is 0.0368. The molecule has 2 saturated heterocycles. The Morgan fingerprint density at radius 3 is 2.76 bits per heavy atom. The monoisotopic (exact) mass is 308 g/mol. The first-order valence-electron chi connectivity index (χ1n) is 7.59. The molecule has 21 heavy (non-hydrogen) atoms. The lowest BCUT2D eigenvalue weighted by Crippen LogP contribution is -2.35. The largest absolute Gasteiger partial charge is 0.392 e. The van der Waals surface area contributed by atoms with Gasteiger partial charge in [0.25, 0.3) is 0 Å². The third-order valence-electron chi connectivity index (χ3n) is 4.05. The Kier molecular flexibility index (Phi) is 4.93. The van der Waals surface area contributed by atoms with Gasteiger partial charge in [0.2, 0.25) is 0 Å². The van der Waals surface area contributed by atoms with E-state index >= 15 is 0 Å². The number of oxime groups is 1. The van der Waals surface area contributed by atoms with Gasteiger partial charge in [-0.05, 0) is 32.0 Å². The van der Waals surface area contributed by atoms with Crippen LogP contribution in [0.15, 0.2) is 23.6 Å². The zero-order chi connectivity index (χ0) is 14.5. The topological polar surface area (TPSA) is 49.8 Å². The molecule has 0 bridgehead atoms. The van der Waals surface area contributed by atoms with Gasteiger partial charge >= 0.3 is 0 Å². The molecule has 1 aromatic rings. The van der Waals surface area contributed by atoms with E-state index in [9.17, 15) is 0 Å². The molecule has 6 heteroatoms. The molecule has 3 rings (SSSR count). The normalized spacial score (nSPS) is 20.4. The Morgan fingerprint density at radius 1 is 1.29 bits per heavy atom. The fourth-order valence-corrected chi connectivity index (χ4v) is 3.01. The van der Waals surface area contributed by atoms with E-state index < -0.39 is 0 Å². The molecule has 2 aliphatic rings. The number of aromatic nitrogens is 1. The molecule has 2 fully saturated rings. The molecule has 0 spiro atoms. The minimum atomic E-state index is 0.284. The second kappa shape index (κ2) is 7.09. The molecule has 0 unspecified atom stereocenters. The van der Waals surface area contributed by atoms with E-state index in [4.69, 9.17) is 16.4 Å². The SMILES string of the molecule is Clc1cnccc1N1CCC(=NOC2CCNCC2)CC1. The van der Waals surface area contributed by atoms with E-state index in [2.05, 4.69) is 20.4 Å². The zero-order valence-electron chi connectivity index (χ0n) is 12.1. The highest BCUT2D eigenvalue weighted by atomic mass is 35.5. The maximum absolute atomic E-state index is 6.19. The number of rotatable bonds is 3. The van der Waals surface area contributed by atoms with E-state index in [1.807, 2.05) is 6.07 Å². The van der Waals surface area contributed by atoms with Crippen molar-refractivity contribution >= 4 is 23.0 Å². The van der Waals surface area contributed by atoms with Gasteiger partial charge < -0.3 is 15.1 Å². The van der Waals surface area contributed by atoms with Crippen LogP contribution in [0.5, 0.6) is 0 Å². The summed E-state index contributed by atoms with van der Waals surface area (Å²) >= 11 is 6.19. The molecule has 2 aliphatic heterocycles. The first kappa shape index (κ1) is 14.6. The number of piperidine rings is 2. The summed E-state index contributed by atoms with van der Waals surface area (Å²) in [6.07, 6.45) is 7.73. The van der Waals surface area contributed by atoms with Crippen molar-refractivity contribution in [1.29, 1.82) is 0 Å². The van der Waals surface area contributed by atoms with E-state index in [1.54, 1.807) is 12.4 Å². The van der Waals surface area contributed by atoms with Crippen LogP contribution in [-0.2, 0) is 4.84 Å². The smallest absolute Gasteiger partial charge is 0.130 e. The van der Waals surface area contributed by atoms with Crippen molar-refractivity contribution in [2.45, 2.75) is 31.8 Å². The molecule has 0 saturated carbocycles. The number of pyridine rings is 1. The summed E-state index contributed by atoms with van der Waals surface area (Å²) in [6.45, 7) is 3.92. The minimum Gasteiger partial charge on any atom is -0.392 e. The Hall–Kier alpha value is -1.33. The molecule has 1 aromatic heterocycles. The van der Waals surface area contributed by atoms with E-state index in [0.29, 0.717) is 5.02 Å². The lowest BCUT2D eigenvalue weighted by Gasteiger charge is -2.30. The summed E-state index contributed by atoms with van der Waals surface area (Å²) in [4.78, 5) is 12.0. The molecular formula is C15H21ClN4O. The predicted octanol–water partition coefficient (Wildman–Crippen LogP) is 2.46. The van der Waals surface area contributed by atoms with Crippen LogP contribution in [0.3, 0.4) is 0 Å². The van der Waals surface area contributed by atoms with Crippen LogP contribution in [0, 0.1) is 0 Å². The van der Waals surface area contributed by atoms with Crippen LogP contribution in [0.1, 0.15) is 25.7 Å². The highest BCUT2D eigenvalue weighted by Gasteiger charge is 2.19. The lowest BCUT2D eigenvalue weighted by atomic mass is 10.1. The molecule has 0 atom stereocenters. The third-order valence-corrected chi connectivity index (χ3v) is 4.34. The van der Waals surface area contributed by atoms with Gasteiger partial charge in [0.05, 0.1) is 16.4 Å². The summed E-state index contributed by atoms with van der Waals surface area (Å²) in [7, 11) is 0. The van der Waals surface area contributed by atoms with Gasteiger partial charge in [-0.1, -0.05) is 16.8 Å². The van der Waals surface area contributed by atoms with Crippen molar-refractivity contribution in [2.75, 3.05) is 31.1 Å². The molecule has 3 heterocycles. The number of nitrogens with zero attached hydrogens (tertiary/aromatic N) is 3. The zero-order valence-corrected chi connectivity index (χ0v) is 12.9. The predicted molar refractivity (Wildman–Crippen MR) is 85.1 cm³/mol. The van der Waals surface area contributed by atoms with Crippen molar-refractivity contribution in [3.63, 3.8) is 0 Å². The van der Waals surface area contributed by atoms with Gasteiger partial charge in [0.1, 0.15) is 6.10 Å². The van der Waals surface area contributed by atoms with E-state index in [-0.39, 0.29) is 6.10 Å². The van der Waals surface area contributed by atoms with Crippen LogP contribution in [0.25, 0.3) is 0 Å². The first-order valence-corrected chi connectivity index (χ1v) is 7.97. The number of hydrogen-bond donors (Lipinski definition) is 1.